The highest BCUT2D eigenvalue weighted by atomic mass is 32.2. The highest BCUT2D eigenvalue weighted by molar-refractivity contribution is 7.90. The Kier molecular flexibility index (Phi) is 4.79. The van der Waals surface area contributed by atoms with Crippen LogP contribution in [0.3, 0.4) is 0 Å². The molecule has 0 spiro atoms. The minimum Gasteiger partial charge on any atom is -0.610 e. The average Bonchev–Trinajstić information content (AvgIpc) is 3.05. The monoisotopic (exact) mass is 368 g/mol. The van der Waals surface area contributed by atoms with Crippen LogP contribution in [0.25, 0.3) is 10.9 Å². The van der Waals surface area contributed by atoms with E-state index < -0.39 is 11.2 Å². The average molecular weight is 368 g/mol. The molecular weight excluding hydrogens is 347 g/mol. The van der Waals surface area contributed by atoms with Crippen LogP contribution >= 0.6 is 0 Å². The van der Waals surface area contributed by atoms with Gasteiger partial charge in [-0.15, -0.1) is 0 Å². The first-order chi connectivity index (χ1) is 12.5. The lowest BCUT2D eigenvalue weighted by Gasteiger charge is -2.33. The first kappa shape index (κ1) is 17.6. The van der Waals surface area contributed by atoms with Gasteiger partial charge in [-0.05, 0) is 23.7 Å². The van der Waals surface area contributed by atoms with Gasteiger partial charge in [0.2, 0.25) is 5.88 Å². The molecule has 1 aliphatic heterocycles. The fourth-order valence-electron chi connectivity index (χ4n) is 3.03. The Morgan fingerprint density at radius 2 is 1.85 bits per heavy atom. The van der Waals surface area contributed by atoms with Crippen molar-refractivity contribution < 1.29 is 13.9 Å². The zero-order valence-corrected chi connectivity index (χ0v) is 15.7. The van der Waals surface area contributed by atoms with Gasteiger partial charge in [-0.3, -0.25) is 0 Å². The highest BCUT2D eigenvalue weighted by Gasteiger charge is 2.34. The number of benzene rings is 2. The topological polar surface area (TPSA) is 59.3 Å². The van der Waals surface area contributed by atoms with Crippen LogP contribution in [0.5, 0.6) is 0 Å². The Hall–Kier alpha value is -1.80. The van der Waals surface area contributed by atoms with Crippen molar-refractivity contribution in [3.8, 4) is 0 Å². The summed E-state index contributed by atoms with van der Waals surface area (Å²) in [6.45, 7) is 5.56. The summed E-state index contributed by atoms with van der Waals surface area (Å²) in [4.78, 5) is 0.799. The van der Waals surface area contributed by atoms with Crippen LogP contribution < -0.4 is 5.46 Å². The molecule has 2 heterocycles. The van der Waals surface area contributed by atoms with Crippen LogP contribution in [0.15, 0.2) is 59.6 Å². The van der Waals surface area contributed by atoms with Gasteiger partial charge in [0.1, 0.15) is 0 Å². The van der Waals surface area contributed by atoms with Crippen LogP contribution in [0.4, 0.5) is 0 Å². The fourth-order valence-corrected chi connectivity index (χ4v) is 4.01. The summed E-state index contributed by atoms with van der Waals surface area (Å²) in [5.74, 6) is 0.317. The predicted molar refractivity (Wildman–Crippen MR) is 104 cm³/mol. The van der Waals surface area contributed by atoms with Crippen molar-refractivity contribution in [2.75, 3.05) is 13.2 Å². The summed E-state index contributed by atoms with van der Waals surface area (Å²) < 4.78 is 26.1. The van der Waals surface area contributed by atoms with Crippen molar-refractivity contribution in [3.05, 3.63) is 54.7 Å². The van der Waals surface area contributed by atoms with Gasteiger partial charge >= 0.3 is 7.12 Å². The van der Waals surface area contributed by atoms with Crippen LogP contribution in [-0.4, -0.2) is 34.7 Å². The normalized spacial score (nSPS) is 18.2. The lowest BCUT2D eigenvalue weighted by atomic mass is 9.74. The predicted octanol–water partition coefficient (Wildman–Crippen LogP) is 2.57. The first-order valence-corrected chi connectivity index (χ1v) is 9.96. The van der Waals surface area contributed by atoms with Crippen molar-refractivity contribution in [3.63, 3.8) is 0 Å². The molecule has 134 valence electrons. The van der Waals surface area contributed by atoms with Crippen LogP contribution in [-0.2, 0) is 26.4 Å². The molecule has 26 heavy (non-hydrogen) atoms. The standard InChI is InChI=1S/C19H21BN2O3S/c1-19(2)12-24-20(25-13-19)17-9-6-10-18-16(17)11-22(21-18)14-26(23)15-7-4-3-5-8-15/h3-11H,12-14H2,1-2H3. The summed E-state index contributed by atoms with van der Waals surface area (Å²) in [5, 5.41) is 5.55. The Labute approximate surface area is 156 Å². The van der Waals surface area contributed by atoms with E-state index in [0.717, 1.165) is 21.3 Å². The molecule has 1 aliphatic rings. The molecule has 0 saturated carbocycles. The third-order valence-corrected chi connectivity index (χ3v) is 5.69. The number of fused-ring (bicyclic) bond motifs is 1. The molecule has 0 bridgehead atoms. The molecule has 1 atom stereocenters. The fraction of sp³-hybridized carbons (Fsp3) is 0.316. The van der Waals surface area contributed by atoms with Gasteiger partial charge in [-0.25, -0.2) is 4.68 Å². The molecule has 1 saturated heterocycles. The van der Waals surface area contributed by atoms with Crippen LogP contribution in [0, 0.1) is 5.41 Å². The molecule has 1 unspecified atom stereocenters. The second-order valence-electron chi connectivity index (χ2n) is 7.35. The zero-order valence-electron chi connectivity index (χ0n) is 14.9. The minimum absolute atomic E-state index is 0.0289. The van der Waals surface area contributed by atoms with E-state index in [1.807, 2.05) is 54.7 Å². The van der Waals surface area contributed by atoms with Crippen molar-refractivity contribution >= 4 is 34.7 Å². The van der Waals surface area contributed by atoms with Crippen LogP contribution in [0.2, 0.25) is 0 Å². The lowest BCUT2D eigenvalue weighted by molar-refractivity contribution is 0.0344. The van der Waals surface area contributed by atoms with E-state index in [0.29, 0.717) is 19.1 Å². The summed E-state index contributed by atoms with van der Waals surface area (Å²) in [7, 11) is -0.385. The summed E-state index contributed by atoms with van der Waals surface area (Å²) >= 11 is -1.14. The van der Waals surface area contributed by atoms with Crippen molar-refractivity contribution in [1.82, 2.24) is 9.78 Å². The summed E-state index contributed by atoms with van der Waals surface area (Å²) in [6, 6.07) is 15.4. The van der Waals surface area contributed by atoms with Gasteiger partial charge < -0.3 is 13.9 Å². The molecule has 5 nitrogen and oxygen atoms in total. The van der Waals surface area contributed by atoms with Crippen LogP contribution in [0.1, 0.15) is 13.8 Å². The Morgan fingerprint density at radius 3 is 2.58 bits per heavy atom. The molecule has 2 aromatic carbocycles. The first-order valence-electron chi connectivity index (χ1n) is 8.65. The Bertz CT molecular complexity index is 890. The van der Waals surface area contributed by atoms with E-state index in [9.17, 15) is 4.55 Å². The molecule has 4 rings (SSSR count). The van der Waals surface area contributed by atoms with Crippen molar-refractivity contribution in [1.29, 1.82) is 0 Å². The van der Waals surface area contributed by atoms with E-state index in [-0.39, 0.29) is 12.5 Å². The third kappa shape index (κ3) is 3.66. The molecule has 0 aliphatic carbocycles. The number of nitrogens with zero attached hydrogens (tertiary/aromatic N) is 2. The highest BCUT2D eigenvalue weighted by Crippen LogP contribution is 2.23. The molecule has 0 radical (unpaired) electrons. The van der Waals surface area contributed by atoms with E-state index in [2.05, 4.69) is 18.9 Å². The smallest absolute Gasteiger partial charge is 0.494 e. The van der Waals surface area contributed by atoms with E-state index in [4.69, 9.17) is 9.31 Å². The number of rotatable bonds is 4. The molecule has 1 fully saturated rings. The maximum absolute atomic E-state index is 12.5. The second kappa shape index (κ2) is 7.08. The number of hydrogen-bond acceptors (Lipinski definition) is 4. The Morgan fingerprint density at radius 1 is 1.12 bits per heavy atom. The van der Waals surface area contributed by atoms with E-state index in [1.54, 1.807) is 4.68 Å². The van der Waals surface area contributed by atoms with Gasteiger partial charge in [0.25, 0.3) is 0 Å². The molecule has 3 aromatic rings. The molecular formula is C19H21BN2O3S. The quantitative estimate of drug-likeness (QED) is 0.525. The Balaban J connectivity index is 1.58. The van der Waals surface area contributed by atoms with E-state index in [1.165, 1.54) is 0 Å². The third-order valence-electron chi connectivity index (χ3n) is 4.39. The maximum atomic E-state index is 12.5. The number of aromatic nitrogens is 2. The van der Waals surface area contributed by atoms with Gasteiger partial charge in [0.15, 0.2) is 4.90 Å². The second-order valence-corrected chi connectivity index (χ2v) is 8.78. The van der Waals surface area contributed by atoms with Crippen molar-refractivity contribution in [2.24, 2.45) is 5.41 Å². The lowest BCUT2D eigenvalue weighted by Crippen LogP contribution is -2.47. The van der Waals surface area contributed by atoms with E-state index >= 15 is 0 Å². The van der Waals surface area contributed by atoms with Gasteiger partial charge in [0, 0.05) is 41.4 Å². The summed E-state index contributed by atoms with van der Waals surface area (Å²) in [6.07, 6.45) is 1.93. The van der Waals surface area contributed by atoms with Gasteiger partial charge in [-0.1, -0.05) is 44.2 Å². The van der Waals surface area contributed by atoms with Gasteiger partial charge in [0.05, 0.1) is 5.52 Å². The largest absolute Gasteiger partial charge is 0.610 e. The molecule has 0 N–H and O–H groups in total. The number of hydrogen-bond donors (Lipinski definition) is 0. The van der Waals surface area contributed by atoms with Crippen molar-refractivity contribution in [2.45, 2.75) is 24.6 Å². The zero-order chi connectivity index (χ0) is 18.1. The molecule has 0 amide bonds. The molecule has 1 aromatic heterocycles. The van der Waals surface area contributed by atoms with Gasteiger partial charge in [-0.2, -0.15) is 5.10 Å². The SMILES string of the molecule is CC1(C)COB(c2cccc3nn(C[S+]([O-])c4ccccc4)cc23)OC1. The summed E-state index contributed by atoms with van der Waals surface area (Å²) in [5.41, 5.74) is 1.85. The minimum atomic E-state index is -1.14. The maximum Gasteiger partial charge on any atom is 0.494 e. The molecule has 7 heteroatoms.